The number of carbonyl (C=O) groups excluding carboxylic acids is 1. The standard InChI is InChI=1S/C15H29N3O/c1-11-6-5-7-12(2)14(11)18-9-8-16-10-13(18)15(19)17(3)4/h11-14,16H,5-10H2,1-4H3. The van der Waals surface area contributed by atoms with E-state index in [1.54, 1.807) is 4.90 Å². The van der Waals surface area contributed by atoms with Crippen LogP contribution in [-0.2, 0) is 4.79 Å². The molecule has 3 atom stereocenters. The lowest BCUT2D eigenvalue weighted by molar-refractivity contribution is -0.137. The maximum atomic E-state index is 12.4. The lowest BCUT2D eigenvalue weighted by Crippen LogP contribution is -2.63. The molecule has 1 aliphatic carbocycles. The van der Waals surface area contributed by atoms with Gasteiger partial charge < -0.3 is 10.2 Å². The number of amides is 1. The van der Waals surface area contributed by atoms with Gasteiger partial charge in [0.1, 0.15) is 6.04 Å². The summed E-state index contributed by atoms with van der Waals surface area (Å²) in [6, 6.07) is 0.599. The van der Waals surface area contributed by atoms with Crippen LogP contribution in [0.1, 0.15) is 33.1 Å². The zero-order valence-corrected chi connectivity index (χ0v) is 12.9. The monoisotopic (exact) mass is 267 g/mol. The van der Waals surface area contributed by atoms with Crippen molar-refractivity contribution in [3.8, 4) is 0 Å². The van der Waals surface area contributed by atoms with Crippen LogP contribution in [0.15, 0.2) is 0 Å². The van der Waals surface area contributed by atoms with Crippen LogP contribution in [0.4, 0.5) is 0 Å². The average molecular weight is 267 g/mol. The van der Waals surface area contributed by atoms with Crippen molar-refractivity contribution in [2.24, 2.45) is 11.8 Å². The number of carbonyl (C=O) groups is 1. The van der Waals surface area contributed by atoms with E-state index >= 15 is 0 Å². The van der Waals surface area contributed by atoms with Gasteiger partial charge in [0.25, 0.3) is 0 Å². The van der Waals surface area contributed by atoms with Crippen LogP contribution in [-0.4, -0.2) is 61.5 Å². The van der Waals surface area contributed by atoms with Crippen molar-refractivity contribution in [3.05, 3.63) is 0 Å². The summed E-state index contributed by atoms with van der Waals surface area (Å²) in [6.07, 6.45) is 3.96. The number of hydrogen-bond donors (Lipinski definition) is 1. The van der Waals surface area contributed by atoms with Crippen molar-refractivity contribution in [2.45, 2.75) is 45.2 Å². The molecule has 1 saturated carbocycles. The van der Waals surface area contributed by atoms with Gasteiger partial charge in [-0.3, -0.25) is 9.69 Å². The zero-order valence-electron chi connectivity index (χ0n) is 12.9. The predicted molar refractivity (Wildman–Crippen MR) is 78.0 cm³/mol. The SMILES string of the molecule is CC1CCCC(C)C1N1CCNCC1C(=O)N(C)C. The van der Waals surface area contributed by atoms with Crippen LogP contribution in [0.25, 0.3) is 0 Å². The summed E-state index contributed by atoms with van der Waals surface area (Å²) in [7, 11) is 3.73. The van der Waals surface area contributed by atoms with Crippen molar-refractivity contribution in [2.75, 3.05) is 33.7 Å². The summed E-state index contributed by atoms with van der Waals surface area (Å²) >= 11 is 0. The lowest BCUT2D eigenvalue weighted by atomic mass is 9.77. The number of likely N-dealkylation sites (N-methyl/N-ethyl adjacent to an activating group) is 1. The van der Waals surface area contributed by atoms with Crippen molar-refractivity contribution < 1.29 is 4.79 Å². The normalized spacial score (nSPS) is 37.1. The van der Waals surface area contributed by atoms with Crippen molar-refractivity contribution in [3.63, 3.8) is 0 Å². The smallest absolute Gasteiger partial charge is 0.240 e. The molecule has 0 spiro atoms. The molecule has 3 unspecified atom stereocenters. The van der Waals surface area contributed by atoms with E-state index in [0.29, 0.717) is 17.9 Å². The van der Waals surface area contributed by atoms with Crippen LogP contribution in [0.5, 0.6) is 0 Å². The minimum atomic E-state index is 0.0248. The number of nitrogens with zero attached hydrogens (tertiary/aromatic N) is 2. The summed E-state index contributed by atoms with van der Waals surface area (Å²) in [6.45, 7) is 7.53. The highest BCUT2D eigenvalue weighted by Gasteiger charge is 2.40. The molecule has 2 fully saturated rings. The van der Waals surface area contributed by atoms with Crippen LogP contribution >= 0.6 is 0 Å². The Hall–Kier alpha value is -0.610. The Morgan fingerprint density at radius 1 is 1.21 bits per heavy atom. The van der Waals surface area contributed by atoms with E-state index in [4.69, 9.17) is 0 Å². The largest absolute Gasteiger partial charge is 0.347 e. The Bertz CT molecular complexity index is 309. The first-order valence-corrected chi connectivity index (χ1v) is 7.70. The molecule has 4 heteroatoms. The minimum absolute atomic E-state index is 0.0248. The van der Waals surface area contributed by atoms with Gasteiger partial charge in [-0.2, -0.15) is 0 Å². The van der Waals surface area contributed by atoms with E-state index in [1.165, 1.54) is 19.3 Å². The fourth-order valence-electron chi connectivity index (χ4n) is 3.92. The van der Waals surface area contributed by atoms with Gasteiger partial charge in [-0.1, -0.05) is 20.3 Å². The topological polar surface area (TPSA) is 35.6 Å². The maximum Gasteiger partial charge on any atom is 0.240 e. The molecule has 2 aliphatic rings. The molecular weight excluding hydrogens is 238 g/mol. The summed E-state index contributed by atoms with van der Waals surface area (Å²) in [5.74, 6) is 1.66. The molecule has 1 N–H and O–H groups in total. The van der Waals surface area contributed by atoms with Gasteiger partial charge in [0.15, 0.2) is 0 Å². The summed E-state index contributed by atoms with van der Waals surface area (Å²) in [5.41, 5.74) is 0. The molecule has 0 bridgehead atoms. The molecule has 1 amide bonds. The van der Waals surface area contributed by atoms with E-state index in [1.807, 2.05) is 14.1 Å². The Morgan fingerprint density at radius 3 is 2.42 bits per heavy atom. The van der Waals surface area contributed by atoms with Crippen LogP contribution < -0.4 is 5.32 Å². The molecule has 4 nitrogen and oxygen atoms in total. The Morgan fingerprint density at radius 2 is 1.84 bits per heavy atom. The third-order valence-corrected chi connectivity index (χ3v) is 4.88. The molecule has 1 heterocycles. The predicted octanol–water partition coefficient (Wildman–Crippen LogP) is 1.17. The first-order chi connectivity index (χ1) is 9.02. The number of piperazine rings is 1. The highest BCUT2D eigenvalue weighted by molar-refractivity contribution is 5.81. The van der Waals surface area contributed by atoms with Gasteiger partial charge in [-0.15, -0.1) is 0 Å². The molecule has 2 rings (SSSR count). The van der Waals surface area contributed by atoms with Gasteiger partial charge in [0.2, 0.25) is 5.91 Å². The first-order valence-electron chi connectivity index (χ1n) is 7.70. The Balaban J connectivity index is 2.16. The van der Waals surface area contributed by atoms with Crippen LogP contribution in [0.3, 0.4) is 0 Å². The summed E-state index contributed by atoms with van der Waals surface area (Å²) < 4.78 is 0. The lowest BCUT2D eigenvalue weighted by Gasteiger charge is -2.48. The number of rotatable bonds is 2. The Kier molecular flexibility index (Phi) is 4.85. The zero-order chi connectivity index (χ0) is 14.0. The van der Waals surface area contributed by atoms with Gasteiger partial charge in [-0.25, -0.2) is 0 Å². The van der Waals surface area contributed by atoms with Gasteiger partial charge in [-0.05, 0) is 24.7 Å². The van der Waals surface area contributed by atoms with E-state index in [-0.39, 0.29) is 11.9 Å². The average Bonchev–Trinajstić information content (AvgIpc) is 2.38. The van der Waals surface area contributed by atoms with E-state index in [0.717, 1.165) is 19.6 Å². The molecule has 0 aromatic heterocycles. The maximum absolute atomic E-state index is 12.4. The van der Waals surface area contributed by atoms with E-state index in [9.17, 15) is 4.79 Å². The summed E-state index contributed by atoms with van der Waals surface area (Å²) in [4.78, 5) is 16.6. The molecule has 110 valence electrons. The molecule has 0 aromatic carbocycles. The molecule has 1 saturated heterocycles. The fraction of sp³-hybridized carbons (Fsp3) is 0.933. The van der Waals surface area contributed by atoms with Gasteiger partial charge in [0.05, 0.1) is 0 Å². The molecular formula is C15H29N3O. The van der Waals surface area contributed by atoms with Crippen molar-refractivity contribution >= 4 is 5.91 Å². The third-order valence-electron chi connectivity index (χ3n) is 4.88. The molecule has 1 aliphatic heterocycles. The molecule has 19 heavy (non-hydrogen) atoms. The quantitative estimate of drug-likeness (QED) is 0.816. The number of hydrogen-bond acceptors (Lipinski definition) is 3. The fourth-order valence-corrected chi connectivity index (χ4v) is 3.92. The first kappa shape index (κ1) is 14.8. The van der Waals surface area contributed by atoms with Crippen LogP contribution in [0.2, 0.25) is 0 Å². The Labute approximate surface area is 117 Å². The minimum Gasteiger partial charge on any atom is -0.347 e. The number of nitrogens with one attached hydrogen (secondary N) is 1. The van der Waals surface area contributed by atoms with Gasteiger partial charge in [0, 0.05) is 39.8 Å². The van der Waals surface area contributed by atoms with E-state index in [2.05, 4.69) is 24.1 Å². The van der Waals surface area contributed by atoms with Crippen molar-refractivity contribution in [1.82, 2.24) is 15.1 Å². The second kappa shape index (κ2) is 6.23. The molecule has 0 aromatic rings. The highest BCUT2D eigenvalue weighted by Crippen LogP contribution is 2.34. The second-order valence-electron chi connectivity index (χ2n) is 6.57. The van der Waals surface area contributed by atoms with Crippen molar-refractivity contribution in [1.29, 1.82) is 0 Å². The third kappa shape index (κ3) is 3.11. The van der Waals surface area contributed by atoms with Crippen LogP contribution in [0, 0.1) is 11.8 Å². The summed E-state index contributed by atoms with van der Waals surface area (Å²) in [5, 5.41) is 3.38. The molecule has 0 radical (unpaired) electrons. The second-order valence-corrected chi connectivity index (χ2v) is 6.57. The van der Waals surface area contributed by atoms with E-state index < -0.39 is 0 Å². The highest BCUT2D eigenvalue weighted by atomic mass is 16.2. The van der Waals surface area contributed by atoms with Gasteiger partial charge >= 0.3 is 0 Å².